The highest BCUT2D eigenvalue weighted by atomic mass is 35.5. The number of rotatable bonds is 15. The van der Waals surface area contributed by atoms with Gasteiger partial charge in [-0.25, -0.2) is 0 Å². The van der Waals surface area contributed by atoms with Crippen molar-refractivity contribution in [2.75, 3.05) is 33.8 Å². The minimum atomic E-state index is 0. The zero-order valence-electron chi connectivity index (χ0n) is 15.1. The van der Waals surface area contributed by atoms with Gasteiger partial charge in [0.25, 0.3) is 0 Å². The average Bonchev–Trinajstić information content (AvgIpc) is 2.43. The summed E-state index contributed by atoms with van der Waals surface area (Å²) in [6.45, 7) is 3.95. The summed E-state index contributed by atoms with van der Waals surface area (Å²) in [5, 5.41) is 8.86. The monoisotopic (exact) mass is 335 g/mol. The Balaban J connectivity index is 0. The van der Waals surface area contributed by atoms with Crippen molar-refractivity contribution >= 4 is 5.78 Å². The molecular formula is C18H38ClNO2. The molecule has 0 fully saturated rings. The predicted octanol–water partition coefficient (Wildman–Crippen LogP) is 0.939. The van der Waals surface area contributed by atoms with E-state index in [0.717, 1.165) is 25.8 Å². The molecule has 0 spiro atoms. The fourth-order valence-electron chi connectivity index (χ4n) is 2.77. The van der Waals surface area contributed by atoms with Crippen molar-refractivity contribution in [1.29, 1.82) is 0 Å². The Morgan fingerprint density at radius 2 is 1.36 bits per heavy atom. The molecule has 0 aromatic heterocycles. The van der Waals surface area contributed by atoms with E-state index in [1.165, 1.54) is 51.4 Å². The minimum Gasteiger partial charge on any atom is -1.00 e. The molecule has 0 aliphatic carbocycles. The van der Waals surface area contributed by atoms with Crippen LogP contribution in [-0.4, -0.2) is 49.2 Å². The quantitative estimate of drug-likeness (QED) is 0.357. The highest BCUT2D eigenvalue weighted by Crippen LogP contribution is 2.11. The van der Waals surface area contributed by atoms with Gasteiger partial charge in [0.2, 0.25) is 0 Å². The standard InChI is InChI=1S/C18H38NO2.ClH/c1-4-5-6-7-8-9-10-11-12-14-18(21)17-19(2,3)15-13-16-20;/h20H,4-17H2,1-3H3;1H/q+1;/p-1. The van der Waals surface area contributed by atoms with Crippen molar-refractivity contribution in [3.8, 4) is 0 Å². The smallest absolute Gasteiger partial charge is 0.186 e. The van der Waals surface area contributed by atoms with Crippen LogP contribution in [0, 0.1) is 0 Å². The Hall–Kier alpha value is -0.120. The third-order valence-electron chi connectivity index (χ3n) is 4.09. The van der Waals surface area contributed by atoms with Crippen LogP contribution in [0.1, 0.15) is 77.6 Å². The number of hydrogen-bond donors (Lipinski definition) is 1. The summed E-state index contributed by atoms with van der Waals surface area (Å²) in [4.78, 5) is 12.0. The van der Waals surface area contributed by atoms with Gasteiger partial charge in [-0.15, -0.1) is 0 Å². The van der Waals surface area contributed by atoms with Crippen LogP contribution in [0.25, 0.3) is 0 Å². The number of nitrogens with zero attached hydrogens (tertiary/aromatic N) is 1. The molecule has 0 rings (SSSR count). The number of unbranched alkanes of at least 4 members (excludes halogenated alkanes) is 8. The van der Waals surface area contributed by atoms with Gasteiger partial charge in [-0.3, -0.25) is 4.79 Å². The summed E-state index contributed by atoms with van der Waals surface area (Å²) in [5.41, 5.74) is 0. The van der Waals surface area contributed by atoms with E-state index < -0.39 is 0 Å². The van der Waals surface area contributed by atoms with E-state index in [4.69, 9.17) is 5.11 Å². The Bertz CT molecular complexity index is 257. The number of quaternary nitrogens is 1. The molecule has 0 aliphatic rings. The van der Waals surface area contributed by atoms with Crippen LogP contribution in [0.4, 0.5) is 0 Å². The molecule has 0 unspecified atom stereocenters. The molecule has 0 aromatic rings. The Kier molecular flexibility index (Phi) is 17.3. The van der Waals surface area contributed by atoms with Gasteiger partial charge in [-0.2, -0.15) is 0 Å². The number of carbonyl (C=O) groups is 1. The molecule has 0 amide bonds. The molecule has 4 heteroatoms. The van der Waals surface area contributed by atoms with E-state index in [9.17, 15) is 4.79 Å². The summed E-state index contributed by atoms with van der Waals surface area (Å²) in [6.07, 6.45) is 13.2. The first-order valence-corrected chi connectivity index (χ1v) is 8.96. The van der Waals surface area contributed by atoms with E-state index >= 15 is 0 Å². The molecule has 0 aromatic carbocycles. The zero-order chi connectivity index (χ0) is 16.0. The van der Waals surface area contributed by atoms with Gasteiger partial charge in [0.15, 0.2) is 5.78 Å². The van der Waals surface area contributed by atoms with Crippen LogP contribution < -0.4 is 12.4 Å². The number of Topliss-reactive ketones (excluding diaryl/α,β-unsaturated/α-hetero) is 1. The van der Waals surface area contributed by atoms with Crippen molar-refractivity contribution in [3.63, 3.8) is 0 Å². The first-order valence-electron chi connectivity index (χ1n) is 8.96. The number of halogens is 1. The van der Waals surface area contributed by atoms with E-state index in [1.54, 1.807) is 0 Å². The molecule has 0 atom stereocenters. The SMILES string of the molecule is CCCCCCCCCCCC(=O)C[N+](C)(C)CCCO.[Cl-]. The van der Waals surface area contributed by atoms with Gasteiger partial charge in [0.05, 0.1) is 20.6 Å². The lowest BCUT2D eigenvalue weighted by Gasteiger charge is -2.28. The summed E-state index contributed by atoms with van der Waals surface area (Å²) >= 11 is 0. The molecular weight excluding hydrogens is 298 g/mol. The molecule has 0 aliphatic heterocycles. The van der Waals surface area contributed by atoms with Crippen molar-refractivity contribution in [2.45, 2.75) is 77.6 Å². The topological polar surface area (TPSA) is 37.3 Å². The second kappa shape index (κ2) is 15.8. The first kappa shape index (κ1) is 24.1. The summed E-state index contributed by atoms with van der Waals surface area (Å²) in [7, 11) is 4.15. The second-order valence-electron chi connectivity index (χ2n) is 7.01. The molecule has 0 saturated carbocycles. The number of aliphatic hydroxyl groups is 1. The minimum absolute atomic E-state index is 0. The van der Waals surface area contributed by atoms with Gasteiger partial charge in [0, 0.05) is 19.4 Å². The summed E-state index contributed by atoms with van der Waals surface area (Å²) in [5.74, 6) is 0.376. The van der Waals surface area contributed by atoms with Crippen molar-refractivity contribution in [1.82, 2.24) is 0 Å². The number of carbonyl (C=O) groups excluding carboxylic acids is 1. The lowest BCUT2D eigenvalue weighted by Crippen LogP contribution is -3.00. The van der Waals surface area contributed by atoms with Crippen LogP contribution in [0.2, 0.25) is 0 Å². The van der Waals surface area contributed by atoms with Crippen molar-refractivity contribution in [3.05, 3.63) is 0 Å². The number of hydrogen-bond acceptors (Lipinski definition) is 2. The summed E-state index contributed by atoms with van der Waals surface area (Å²) < 4.78 is 0.705. The maximum Gasteiger partial charge on any atom is 0.186 e. The Morgan fingerprint density at radius 3 is 1.86 bits per heavy atom. The van der Waals surface area contributed by atoms with Crippen molar-refractivity contribution < 1.29 is 26.8 Å². The third-order valence-corrected chi connectivity index (χ3v) is 4.09. The molecule has 0 radical (unpaired) electrons. The van der Waals surface area contributed by atoms with E-state index in [1.807, 2.05) is 0 Å². The molecule has 0 bridgehead atoms. The van der Waals surface area contributed by atoms with Crippen molar-refractivity contribution in [2.24, 2.45) is 0 Å². The van der Waals surface area contributed by atoms with Crippen LogP contribution in [0.5, 0.6) is 0 Å². The Labute approximate surface area is 144 Å². The molecule has 0 heterocycles. The summed E-state index contributed by atoms with van der Waals surface area (Å²) in [6, 6.07) is 0. The predicted molar refractivity (Wildman–Crippen MR) is 90.4 cm³/mol. The molecule has 1 N–H and O–H groups in total. The first-order chi connectivity index (χ1) is 10.0. The average molecular weight is 336 g/mol. The van der Waals surface area contributed by atoms with E-state index in [-0.39, 0.29) is 19.0 Å². The normalized spacial score (nSPS) is 11.3. The van der Waals surface area contributed by atoms with E-state index in [2.05, 4.69) is 21.0 Å². The number of ketones is 1. The number of aliphatic hydroxyl groups excluding tert-OH is 1. The van der Waals surface area contributed by atoms with Crippen LogP contribution in [-0.2, 0) is 4.79 Å². The van der Waals surface area contributed by atoms with Gasteiger partial charge < -0.3 is 22.0 Å². The lowest BCUT2D eigenvalue weighted by molar-refractivity contribution is -0.882. The zero-order valence-corrected chi connectivity index (χ0v) is 15.8. The highest BCUT2D eigenvalue weighted by Gasteiger charge is 2.18. The van der Waals surface area contributed by atoms with E-state index in [0.29, 0.717) is 16.8 Å². The van der Waals surface area contributed by atoms with Crippen LogP contribution >= 0.6 is 0 Å². The number of likely N-dealkylation sites (N-methyl/N-ethyl adjacent to an activating group) is 1. The molecule has 3 nitrogen and oxygen atoms in total. The molecule has 134 valence electrons. The fraction of sp³-hybridized carbons (Fsp3) is 0.944. The van der Waals surface area contributed by atoms with Crippen LogP contribution in [0.15, 0.2) is 0 Å². The van der Waals surface area contributed by atoms with Gasteiger partial charge in [-0.05, 0) is 6.42 Å². The van der Waals surface area contributed by atoms with Crippen LogP contribution in [0.3, 0.4) is 0 Å². The lowest BCUT2D eigenvalue weighted by atomic mass is 10.1. The molecule has 0 saturated heterocycles. The maximum absolute atomic E-state index is 12.0. The maximum atomic E-state index is 12.0. The molecule has 22 heavy (non-hydrogen) atoms. The second-order valence-corrected chi connectivity index (χ2v) is 7.01. The largest absolute Gasteiger partial charge is 1.00 e. The van der Waals surface area contributed by atoms with Gasteiger partial charge >= 0.3 is 0 Å². The Morgan fingerprint density at radius 1 is 0.864 bits per heavy atom. The fourth-order valence-corrected chi connectivity index (χ4v) is 2.77. The van der Waals surface area contributed by atoms with Gasteiger partial charge in [-0.1, -0.05) is 58.3 Å². The highest BCUT2D eigenvalue weighted by molar-refractivity contribution is 5.79. The third kappa shape index (κ3) is 16.3. The van der Waals surface area contributed by atoms with Gasteiger partial charge in [0.1, 0.15) is 6.54 Å².